The molecule has 0 saturated carbocycles. The maximum Gasteiger partial charge on any atom is 0.304 e. The van der Waals surface area contributed by atoms with Crippen LogP contribution < -0.4 is 0 Å². The first-order valence-corrected chi connectivity index (χ1v) is 8.40. The molecule has 1 fully saturated rings. The molecule has 2 unspecified atom stereocenters. The van der Waals surface area contributed by atoms with Gasteiger partial charge in [-0.05, 0) is 5.92 Å². The van der Waals surface area contributed by atoms with Crippen LogP contribution in [0.2, 0.25) is 0 Å². The molecule has 2 atom stereocenters. The molecule has 0 aromatic heterocycles. The molecule has 3 nitrogen and oxygen atoms in total. The van der Waals surface area contributed by atoms with Crippen molar-refractivity contribution in [1.29, 1.82) is 0 Å². The Morgan fingerprint density at radius 1 is 1.50 bits per heavy atom. The normalized spacial score (nSPS) is 24.4. The summed E-state index contributed by atoms with van der Waals surface area (Å²) in [6.07, 6.45) is 2.53. The van der Waals surface area contributed by atoms with Crippen molar-refractivity contribution in [3.63, 3.8) is 0 Å². The van der Waals surface area contributed by atoms with Crippen LogP contribution in [-0.2, 0) is 4.79 Å². The second-order valence-electron chi connectivity index (χ2n) is 5.23. The standard InChI is InChI=1S/C13H23NO2S2/c1-9(2)11-7-10(14(3)4)8-13(18-11)17-6-5-12(15)16/h9,11,13H,5-8H2,1-4H3/p+1. The number of thioether (sulfide) groups is 2. The van der Waals surface area contributed by atoms with Crippen molar-refractivity contribution in [2.45, 2.75) is 42.9 Å². The summed E-state index contributed by atoms with van der Waals surface area (Å²) in [5.74, 6) is 0.701. The number of rotatable bonds is 5. The van der Waals surface area contributed by atoms with E-state index in [1.807, 2.05) is 11.8 Å². The van der Waals surface area contributed by atoms with Gasteiger partial charge in [0.05, 0.1) is 11.0 Å². The second-order valence-corrected chi connectivity index (χ2v) is 8.29. The number of hydrogen-bond donors (Lipinski definition) is 1. The van der Waals surface area contributed by atoms with Crippen molar-refractivity contribution >= 4 is 35.2 Å². The van der Waals surface area contributed by atoms with Crippen molar-refractivity contribution < 1.29 is 14.5 Å². The quantitative estimate of drug-likeness (QED) is 0.791. The van der Waals surface area contributed by atoms with E-state index in [4.69, 9.17) is 5.11 Å². The van der Waals surface area contributed by atoms with Gasteiger partial charge in [0.25, 0.3) is 0 Å². The maximum atomic E-state index is 10.6. The molecular formula is C13H24NO2S2+. The second kappa shape index (κ2) is 7.43. The minimum Gasteiger partial charge on any atom is -0.481 e. The van der Waals surface area contributed by atoms with Crippen LogP contribution in [0.4, 0.5) is 0 Å². The van der Waals surface area contributed by atoms with E-state index < -0.39 is 5.97 Å². The topological polar surface area (TPSA) is 40.3 Å². The van der Waals surface area contributed by atoms with Crippen LogP contribution in [0.25, 0.3) is 0 Å². The monoisotopic (exact) mass is 290 g/mol. The van der Waals surface area contributed by atoms with E-state index in [1.165, 1.54) is 12.1 Å². The van der Waals surface area contributed by atoms with Gasteiger partial charge in [0, 0.05) is 23.8 Å². The smallest absolute Gasteiger partial charge is 0.304 e. The molecule has 0 aromatic rings. The third-order valence-electron chi connectivity index (χ3n) is 3.16. The first-order valence-electron chi connectivity index (χ1n) is 6.41. The Labute approximate surface area is 118 Å². The number of carboxylic acid groups (broad SMARTS) is 1. The lowest BCUT2D eigenvalue weighted by atomic mass is 10.0. The van der Waals surface area contributed by atoms with E-state index >= 15 is 0 Å². The zero-order chi connectivity index (χ0) is 13.7. The molecule has 18 heavy (non-hydrogen) atoms. The average molecular weight is 290 g/mol. The molecule has 0 amide bonds. The van der Waals surface area contributed by atoms with Crippen LogP contribution >= 0.6 is 23.5 Å². The molecule has 5 heteroatoms. The Morgan fingerprint density at radius 2 is 2.17 bits per heavy atom. The van der Waals surface area contributed by atoms with Crippen LogP contribution in [0.3, 0.4) is 0 Å². The van der Waals surface area contributed by atoms with E-state index in [-0.39, 0.29) is 6.42 Å². The zero-order valence-electron chi connectivity index (χ0n) is 11.7. The van der Waals surface area contributed by atoms with Crippen molar-refractivity contribution in [1.82, 2.24) is 0 Å². The number of carboxylic acids is 1. The number of nitrogens with zero attached hydrogens (tertiary/aromatic N) is 1. The highest BCUT2D eigenvalue weighted by Crippen LogP contribution is 2.40. The molecule has 0 bridgehead atoms. The number of carbonyl (C=O) groups is 1. The lowest BCUT2D eigenvalue weighted by molar-refractivity contribution is -0.467. The zero-order valence-corrected chi connectivity index (χ0v) is 13.3. The van der Waals surface area contributed by atoms with Crippen LogP contribution in [0, 0.1) is 5.92 Å². The molecule has 1 rings (SSSR count). The fourth-order valence-corrected chi connectivity index (χ4v) is 5.11. The molecule has 0 aromatic carbocycles. The van der Waals surface area contributed by atoms with Crippen molar-refractivity contribution in [2.24, 2.45) is 5.92 Å². The lowest BCUT2D eigenvalue weighted by Gasteiger charge is -2.30. The van der Waals surface area contributed by atoms with Crippen LogP contribution in [0.1, 0.15) is 33.1 Å². The van der Waals surface area contributed by atoms with Crippen LogP contribution in [-0.4, -0.2) is 51.0 Å². The molecule has 104 valence electrons. The minimum absolute atomic E-state index is 0.269. The van der Waals surface area contributed by atoms with Crippen LogP contribution in [0.15, 0.2) is 0 Å². The Balaban J connectivity index is 2.56. The summed E-state index contributed by atoms with van der Waals surface area (Å²) in [7, 11) is 4.23. The summed E-state index contributed by atoms with van der Waals surface area (Å²) < 4.78 is 2.75. The van der Waals surface area contributed by atoms with Gasteiger partial charge in [-0.1, -0.05) is 13.8 Å². The predicted molar refractivity (Wildman–Crippen MR) is 81.1 cm³/mol. The Hall–Kier alpha value is -0.160. The fourth-order valence-electron chi connectivity index (χ4n) is 1.93. The SMILES string of the molecule is CC(C)C1CC(=[N+](C)C)CC(SCCC(=O)O)S1. The summed E-state index contributed by atoms with van der Waals surface area (Å²) in [4.78, 5) is 10.6. The van der Waals surface area contributed by atoms with Gasteiger partial charge in [0.1, 0.15) is 14.1 Å². The Kier molecular flexibility index (Phi) is 6.57. The highest BCUT2D eigenvalue weighted by atomic mass is 32.2. The van der Waals surface area contributed by atoms with Crippen LogP contribution in [0.5, 0.6) is 0 Å². The van der Waals surface area contributed by atoms with E-state index in [2.05, 4.69) is 32.5 Å². The largest absolute Gasteiger partial charge is 0.481 e. The van der Waals surface area contributed by atoms with E-state index in [0.717, 1.165) is 12.2 Å². The van der Waals surface area contributed by atoms with Gasteiger partial charge in [0.2, 0.25) is 0 Å². The van der Waals surface area contributed by atoms with Gasteiger partial charge >= 0.3 is 5.97 Å². The molecule has 1 saturated heterocycles. The predicted octanol–water partition coefficient (Wildman–Crippen LogP) is 2.79. The number of aliphatic carboxylic acids is 1. The van der Waals surface area contributed by atoms with Crippen molar-refractivity contribution in [3.8, 4) is 0 Å². The van der Waals surface area contributed by atoms with Gasteiger partial charge in [0.15, 0.2) is 5.71 Å². The average Bonchev–Trinajstić information content (AvgIpc) is 2.28. The summed E-state index contributed by atoms with van der Waals surface area (Å²) in [6, 6.07) is 0. The summed E-state index contributed by atoms with van der Waals surface area (Å²) in [5, 5.41) is 9.36. The van der Waals surface area contributed by atoms with Gasteiger partial charge < -0.3 is 5.11 Å². The molecule has 0 spiro atoms. The van der Waals surface area contributed by atoms with E-state index in [1.54, 1.807) is 11.8 Å². The molecule has 1 heterocycles. The van der Waals surface area contributed by atoms with E-state index in [0.29, 0.717) is 15.7 Å². The van der Waals surface area contributed by atoms with Gasteiger partial charge in [-0.3, -0.25) is 4.79 Å². The van der Waals surface area contributed by atoms with Gasteiger partial charge in [-0.15, -0.1) is 23.5 Å². The first-order chi connectivity index (χ1) is 8.40. The number of hydrogen-bond acceptors (Lipinski definition) is 3. The summed E-state index contributed by atoms with van der Waals surface area (Å²) in [5.41, 5.74) is 1.50. The third-order valence-corrected chi connectivity index (χ3v) is 6.41. The molecule has 0 radical (unpaired) electrons. The van der Waals surface area contributed by atoms with E-state index in [9.17, 15) is 4.79 Å². The van der Waals surface area contributed by atoms with Gasteiger partial charge in [-0.25, -0.2) is 4.58 Å². The maximum absolute atomic E-state index is 10.6. The molecule has 1 aliphatic rings. The van der Waals surface area contributed by atoms with Gasteiger partial charge in [-0.2, -0.15) is 0 Å². The lowest BCUT2D eigenvalue weighted by Crippen LogP contribution is -2.31. The summed E-state index contributed by atoms with van der Waals surface area (Å²) in [6.45, 7) is 4.55. The summed E-state index contributed by atoms with van der Waals surface area (Å²) >= 11 is 3.84. The Bertz CT molecular complexity index is 325. The molecule has 0 aliphatic carbocycles. The highest BCUT2D eigenvalue weighted by Gasteiger charge is 2.32. The first kappa shape index (κ1) is 15.9. The molecule has 1 N–H and O–H groups in total. The Morgan fingerprint density at radius 3 is 2.67 bits per heavy atom. The van der Waals surface area contributed by atoms with Crippen molar-refractivity contribution in [2.75, 3.05) is 19.8 Å². The highest BCUT2D eigenvalue weighted by molar-refractivity contribution is 8.17. The molecular weight excluding hydrogens is 266 g/mol. The minimum atomic E-state index is -0.694. The molecule has 1 aliphatic heterocycles. The van der Waals surface area contributed by atoms with Crippen molar-refractivity contribution in [3.05, 3.63) is 0 Å². The fraction of sp³-hybridized carbons (Fsp3) is 0.846. The third kappa shape index (κ3) is 5.22.